The van der Waals surface area contributed by atoms with E-state index in [9.17, 15) is 9.59 Å². The summed E-state index contributed by atoms with van der Waals surface area (Å²) < 4.78 is 0. The molecule has 1 aliphatic heterocycles. The molecule has 2 unspecified atom stereocenters. The van der Waals surface area contributed by atoms with Gasteiger partial charge in [-0.15, -0.1) is 0 Å². The number of nitrogens with one attached hydrogen (secondary N) is 1. The summed E-state index contributed by atoms with van der Waals surface area (Å²) in [6.07, 6.45) is 3.95. The lowest BCUT2D eigenvalue weighted by Crippen LogP contribution is -2.40. The molecule has 1 heterocycles. The molecule has 1 aromatic rings. The van der Waals surface area contributed by atoms with Crippen molar-refractivity contribution < 1.29 is 14.7 Å². The van der Waals surface area contributed by atoms with Crippen LogP contribution in [0.1, 0.15) is 50.6 Å². The Morgan fingerprint density at radius 3 is 2.70 bits per heavy atom. The van der Waals surface area contributed by atoms with Crippen LogP contribution in [0.25, 0.3) is 0 Å². The minimum absolute atomic E-state index is 0.0853. The van der Waals surface area contributed by atoms with Gasteiger partial charge in [-0.25, -0.2) is 0 Å². The summed E-state index contributed by atoms with van der Waals surface area (Å²) >= 11 is 0. The third kappa shape index (κ3) is 5.67. The number of rotatable bonds is 7. The predicted molar refractivity (Wildman–Crippen MR) is 89.1 cm³/mol. The van der Waals surface area contributed by atoms with E-state index >= 15 is 0 Å². The molecule has 1 aliphatic rings. The zero-order chi connectivity index (χ0) is 16.7. The molecule has 0 radical (unpaired) electrons. The normalized spacial score (nSPS) is 20.0. The summed E-state index contributed by atoms with van der Waals surface area (Å²) in [5.74, 6) is -0.998. The molecule has 0 spiro atoms. The van der Waals surface area contributed by atoms with Crippen LogP contribution in [0.15, 0.2) is 30.3 Å². The van der Waals surface area contributed by atoms with E-state index in [1.807, 2.05) is 30.3 Å². The fourth-order valence-electron chi connectivity index (χ4n) is 3.11. The van der Waals surface area contributed by atoms with E-state index in [4.69, 9.17) is 5.11 Å². The van der Waals surface area contributed by atoms with Crippen LogP contribution in [-0.4, -0.2) is 41.0 Å². The first-order valence-corrected chi connectivity index (χ1v) is 8.36. The molecule has 5 nitrogen and oxygen atoms in total. The Labute approximate surface area is 137 Å². The van der Waals surface area contributed by atoms with Crippen molar-refractivity contribution in [2.75, 3.05) is 13.1 Å². The molecule has 2 N–H and O–H groups in total. The average Bonchev–Trinajstić information content (AvgIpc) is 2.54. The number of hydrogen-bond donors (Lipinski definition) is 2. The highest BCUT2D eigenvalue weighted by molar-refractivity contribution is 5.78. The Morgan fingerprint density at radius 2 is 2.04 bits per heavy atom. The third-order valence-corrected chi connectivity index (χ3v) is 4.48. The lowest BCUT2D eigenvalue weighted by Gasteiger charge is -2.33. The molecule has 0 aliphatic carbocycles. The number of likely N-dealkylation sites (tertiary alicyclic amines) is 1. The second kappa shape index (κ2) is 8.67. The van der Waals surface area contributed by atoms with Crippen molar-refractivity contribution in [1.29, 1.82) is 0 Å². The number of carbonyl (C=O) groups is 2. The molecule has 2 atom stereocenters. The van der Waals surface area contributed by atoms with Crippen LogP contribution in [0.5, 0.6) is 0 Å². The average molecular weight is 318 g/mol. The molecule has 2 rings (SSSR count). The van der Waals surface area contributed by atoms with E-state index < -0.39 is 12.0 Å². The van der Waals surface area contributed by atoms with E-state index in [2.05, 4.69) is 17.1 Å². The minimum atomic E-state index is -0.913. The molecule has 23 heavy (non-hydrogen) atoms. The Morgan fingerprint density at radius 1 is 1.30 bits per heavy atom. The summed E-state index contributed by atoms with van der Waals surface area (Å²) in [7, 11) is 0. The molecule has 0 saturated carbocycles. The van der Waals surface area contributed by atoms with Gasteiger partial charge in [0.1, 0.15) is 0 Å². The van der Waals surface area contributed by atoms with Crippen LogP contribution in [0.3, 0.4) is 0 Å². The van der Waals surface area contributed by atoms with Crippen molar-refractivity contribution in [1.82, 2.24) is 10.2 Å². The van der Waals surface area contributed by atoms with Gasteiger partial charge in [0.15, 0.2) is 0 Å². The number of benzene rings is 1. The number of nitrogens with zero attached hydrogens (tertiary/aromatic N) is 1. The number of carboxylic acid groups (broad SMARTS) is 1. The Balaban J connectivity index is 1.88. The SMILES string of the molecule is CC1CCCCN1CCC(=O)NC(CC(=O)O)c1ccccc1. The molecule has 0 aromatic heterocycles. The molecule has 0 bridgehead atoms. The Hall–Kier alpha value is -1.88. The van der Waals surface area contributed by atoms with Gasteiger partial charge in [-0.05, 0) is 31.9 Å². The fourth-order valence-corrected chi connectivity index (χ4v) is 3.11. The van der Waals surface area contributed by atoms with Crippen molar-refractivity contribution in [3.63, 3.8) is 0 Å². The highest BCUT2D eigenvalue weighted by Gasteiger charge is 2.21. The van der Waals surface area contributed by atoms with Gasteiger partial charge in [0.05, 0.1) is 12.5 Å². The Bertz CT molecular complexity index is 518. The number of carboxylic acids is 1. The smallest absolute Gasteiger partial charge is 0.305 e. The summed E-state index contributed by atoms with van der Waals surface area (Å²) in [4.78, 5) is 25.6. The zero-order valence-electron chi connectivity index (χ0n) is 13.7. The lowest BCUT2D eigenvalue weighted by atomic mass is 10.0. The monoisotopic (exact) mass is 318 g/mol. The number of amides is 1. The summed E-state index contributed by atoms with van der Waals surface area (Å²) in [6, 6.07) is 9.33. The van der Waals surface area contributed by atoms with Gasteiger partial charge in [-0.3, -0.25) is 9.59 Å². The first-order valence-electron chi connectivity index (χ1n) is 8.36. The van der Waals surface area contributed by atoms with Crippen LogP contribution < -0.4 is 5.32 Å². The van der Waals surface area contributed by atoms with Crippen LogP contribution in [-0.2, 0) is 9.59 Å². The van der Waals surface area contributed by atoms with Gasteiger partial charge in [-0.2, -0.15) is 0 Å². The van der Waals surface area contributed by atoms with E-state index in [-0.39, 0.29) is 12.3 Å². The molecular formula is C18H26N2O3. The van der Waals surface area contributed by atoms with Crippen molar-refractivity contribution in [2.24, 2.45) is 0 Å². The van der Waals surface area contributed by atoms with E-state index in [1.54, 1.807) is 0 Å². The second-order valence-corrected chi connectivity index (χ2v) is 6.26. The van der Waals surface area contributed by atoms with Crippen LogP contribution in [0, 0.1) is 0 Å². The molecule has 1 fully saturated rings. The first kappa shape index (κ1) is 17.5. The number of carbonyl (C=O) groups excluding carboxylic acids is 1. The number of aliphatic carboxylic acids is 1. The second-order valence-electron chi connectivity index (χ2n) is 6.26. The third-order valence-electron chi connectivity index (χ3n) is 4.48. The lowest BCUT2D eigenvalue weighted by molar-refractivity contribution is -0.137. The Kier molecular flexibility index (Phi) is 6.59. The molecule has 1 amide bonds. The topological polar surface area (TPSA) is 69.6 Å². The van der Waals surface area contributed by atoms with Crippen molar-refractivity contribution >= 4 is 11.9 Å². The largest absolute Gasteiger partial charge is 0.481 e. The summed E-state index contributed by atoms with van der Waals surface area (Å²) in [6.45, 7) is 3.99. The van der Waals surface area contributed by atoms with Crippen LogP contribution in [0.2, 0.25) is 0 Å². The highest BCUT2D eigenvalue weighted by Crippen LogP contribution is 2.18. The van der Waals surface area contributed by atoms with E-state index in [0.29, 0.717) is 12.5 Å². The standard InChI is InChI=1S/C18H26N2O3/c1-14-7-5-6-11-20(14)12-10-17(21)19-16(13-18(22)23)15-8-3-2-4-9-15/h2-4,8-9,14,16H,5-7,10-13H2,1H3,(H,19,21)(H,22,23). The maximum absolute atomic E-state index is 12.2. The van der Waals surface area contributed by atoms with Gasteiger partial charge in [0.2, 0.25) is 5.91 Å². The molecule has 126 valence electrons. The van der Waals surface area contributed by atoms with Crippen LogP contribution in [0.4, 0.5) is 0 Å². The predicted octanol–water partition coefficient (Wildman–Crippen LogP) is 2.58. The molecule has 1 aromatic carbocycles. The quantitative estimate of drug-likeness (QED) is 0.811. The van der Waals surface area contributed by atoms with E-state index in [1.165, 1.54) is 19.3 Å². The molecular weight excluding hydrogens is 292 g/mol. The maximum Gasteiger partial charge on any atom is 0.305 e. The van der Waals surface area contributed by atoms with Gasteiger partial charge in [0.25, 0.3) is 0 Å². The summed E-state index contributed by atoms with van der Waals surface area (Å²) in [5.41, 5.74) is 0.828. The van der Waals surface area contributed by atoms with Gasteiger partial charge >= 0.3 is 5.97 Å². The number of hydrogen-bond acceptors (Lipinski definition) is 3. The van der Waals surface area contributed by atoms with Crippen molar-refractivity contribution in [2.45, 2.75) is 51.1 Å². The van der Waals surface area contributed by atoms with E-state index in [0.717, 1.165) is 18.7 Å². The molecule has 1 saturated heterocycles. The first-order chi connectivity index (χ1) is 11.1. The van der Waals surface area contributed by atoms with Gasteiger partial charge < -0.3 is 15.3 Å². The van der Waals surface area contributed by atoms with Crippen molar-refractivity contribution in [3.05, 3.63) is 35.9 Å². The highest BCUT2D eigenvalue weighted by atomic mass is 16.4. The number of piperidine rings is 1. The maximum atomic E-state index is 12.2. The summed E-state index contributed by atoms with van der Waals surface area (Å²) in [5, 5.41) is 11.9. The van der Waals surface area contributed by atoms with Gasteiger partial charge in [-0.1, -0.05) is 36.8 Å². The van der Waals surface area contributed by atoms with Gasteiger partial charge in [0, 0.05) is 19.0 Å². The zero-order valence-corrected chi connectivity index (χ0v) is 13.7. The fraction of sp³-hybridized carbons (Fsp3) is 0.556. The van der Waals surface area contributed by atoms with Crippen molar-refractivity contribution in [3.8, 4) is 0 Å². The molecule has 5 heteroatoms. The van der Waals surface area contributed by atoms with Crippen LogP contribution >= 0.6 is 0 Å². The minimum Gasteiger partial charge on any atom is -0.481 e.